The number of amides is 1. The van der Waals surface area contributed by atoms with Crippen molar-refractivity contribution in [1.82, 2.24) is 14.5 Å². The van der Waals surface area contributed by atoms with Crippen molar-refractivity contribution >= 4 is 12.0 Å². The molecule has 31 heavy (non-hydrogen) atoms. The van der Waals surface area contributed by atoms with Crippen LogP contribution in [0, 0.1) is 19.7 Å². The van der Waals surface area contributed by atoms with E-state index in [-0.39, 0.29) is 17.8 Å². The number of carbonyl (C=O) groups excluding carboxylic acids is 1. The first-order chi connectivity index (χ1) is 15.0. The molecule has 1 amide bonds. The van der Waals surface area contributed by atoms with Gasteiger partial charge in [0.25, 0.3) is 0 Å². The fraction of sp³-hybridized carbons (Fsp3) is 0.308. The van der Waals surface area contributed by atoms with Crippen molar-refractivity contribution in [3.8, 4) is 5.69 Å². The Morgan fingerprint density at radius 1 is 1.13 bits per heavy atom. The molecule has 0 N–H and O–H groups in total. The van der Waals surface area contributed by atoms with Gasteiger partial charge in [-0.2, -0.15) is 0 Å². The van der Waals surface area contributed by atoms with Crippen LogP contribution in [0.25, 0.3) is 11.8 Å². The van der Waals surface area contributed by atoms with Crippen LogP contribution in [0.1, 0.15) is 53.3 Å². The first-order valence-electron chi connectivity index (χ1n) is 10.9. The Morgan fingerprint density at radius 3 is 2.77 bits per heavy atom. The highest BCUT2D eigenvalue weighted by molar-refractivity contribution is 5.98. The molecule has 3 aromatic rings. The minimum atomic E-state index is -0.199. The van der Waals surface area contributed by atoms with Crippen LogP contribution in [0.15, 0.2) is 54.5 Å². The lowest BCUT2D eigenvalue weighted by Crippen LogP contribution is -2.39. The Morgan fingerprint density at radius 2 is 2.00 bits per heavy atom. The van der Waals surface area contributed by atoms with Crippen molar-refractivity contribution in [1.29, 1.82) is 0 Å². The molecule has 5 rings (SSSR count). The number of aryl methyl sites for hydroxylation is 3. The number of hydrogen-bond donors (Lipinski definition) is 0. The summed E-state index contributed by atoms with van der Waals surface area (Å²) in [7, 11) is 0. The number of imidazole rings is 1. The molecule has 2 aliphatic rings. The predicted molar refractivity (Wildman–Crippen MR) is 119 cm³/mol. The van der Waals surface area contributed by atoms with Gasteiger partial charge in [-0.3, -0.25) is 4.79 Å². The van der Waals surface area contributed by atoms with Crippen LogP contribution in [0.4, 0.5) is 4.39 Å². The third-order valence-electron chi connectivity index (χ3n) is 6.46. The molecule has 0 spiro atoms. The van der Waals surface area contributed by atoms with Crippen LogP contribution in [0.5, 0.6) is 0 Å². The van der Waals surface area contributed by atoms with E-state index in [1.807, 2.05) is 41.1 Å². The third-order valence-corrected chi connectivity index (χ3v) is 6.46. The summed E-state index contributed by atoms with van der Waals surface area (Å²) < 4.78 is 15.6. The SMILES string of the molecule is Cc1cn(-c2ccc(/C=C3\CCCN([C@H]4CCc5cc(F)ccc54)C3=O)cc2C)cn1. The number of fused-ring (bicyclic) bond motifs is 1. The van der Waals surface area contributed by atoms with Gasteiger partial charge in [0.15, 0.2) is 0 Å². The smallest absolute Gasteiger partial charge is 0.250 e. The van der Waals surface area contributed by atoms with Crippen molar-refractivity contribution in [3.63, 3.8) is 0 Å². The average molecular weight is 416 g/mol. The van der Waals surface area contributed by atoms with Crippen LogP contribution in [0.2, 0.25) is 0 Å². The number of rotatable bonds is 3. The molecule has 158 valence electrons. The quantitative estimate of drug-likeness (QED) is 0.543. The molecule has 1 fully saturated rings. The number of halogens is 1. The summed E-state index contributed by atoms with van der Waals surface area (Å²) in [5.74, 6) is -0.0879. The number of piperidine rings is 1. The van der Waals surface area contributed by atoms with Crippen LogP contribution in [-0.2, 0) is 11.2 Å². The van der Waals surface area contributed by atoms with Crippen molar-refractivity contribution < 1.29 is 9.18 Å². The maximum atomic E-state index is 13.6. The van der Waals surface area contributed by atoms with Crippen LogP contribution >= 0.6 is 0 Å². The molecule has 1 aromatic heterocycles. The number of hydrogen-bond acceptors (Lipinski definition) is 2. The Balaban J connectivity index is 1.40. The summed E-state index contributed by atoms with van der Waals surface area (Å²) >= 11 is 0. The van der Waals surface area contributed by atoms with Gasteiger partial charge in [0.2, 0.25) is 5.91 Å². The predicted octanol–water partition coefficient (Wildman–Crippen LogP) is 5.32. The minimum absolute atomic E-state index is 0.0559. The lowest BCUT2D eigenvalue weighted by atomic mass is 9.97. The van der Waals surface area contributed by atoms with Gasteiger partial charge in [-0.1, -0.05) is 12.1 Å². The first-order valence-corrected chi connectivity index (χ1v) is 10.9. The fourth-order valence-corrected chi connectivity index (χ4v) is 4.96. The van der Waals surface area contributed by atoms with Crippen LogP contribution < -0.4 is 0 Å². The number of aromatic nitrogens is 2. The highest BCUT2D eigenvalue weighted by Gasteiger charge is 2.34. The van der Waals surface area contributed by atoms with E-state index in [1.54, 1.807) is 6.07 Å². The van der Waals surface area contributed by atoms with Crippen molar-refractivity contribution in [2.24, 2.45) is 0 Å². The summed E-state index contributed by atoms with van der Waals surface area (Å²) in [6, 6.07) is 11.3. The molecule has 2 heterocycles. The fourth-order valence-electron chi connectivity index (χ4n) is 4.96. The molecule has 1 saturated heterocycles. The highest BCUT2D eigenvalue weighted by Crippen LogP contribution is 2.38. The Labute approximate surface area is 182 Å². The zero-order valence-corrected chi connectivity index (χ0v) is 17.9. The number of benzene rings is 2. The zero-order chi connectivity index (χ0) is 21.5. The maximum absolute atomic E-state index is 13.6. The van der Waals surface area contributed by atoms with Gasteiger partial charge in [0, 0.05) is 24.0 Å². The lowest BCUT2D eigenvalue weighted by Gasteiger charge is -2.34. The summed E-state index contributed by atoms with van der Waals surface area (Å²) in [5, 5.41) is 0. The monoisotopic (exact) mass is 415 g/mol. The molecule has 0 radical (unpaired) electrons. The van der Waals surface area contributed by atoms with Gasteiger partial charge < -0.3 is 9.47 Å². The molecule has 1 aliphatic heterocycles. The second-order valence-electron chi connectivity index (χ2n) is 8.64. The van der Waals surface area contributed by atoms with Gasteiger partial charge in [0.05, 0.1) is 18.1 Å². The normalized spacial score (nSPS) is 19.8. The van der Waals surface area contributed by atoms with E-state index in [4.69, 9.17) is 0 Å². The summed E-state index contributed by atoms with van der Waals surface area (Å²) in [6.45, 7) is 4.82. The van der Waals surface area contributed by atoms with Gasteiger partial charge in [0.1, 0.15) is 5.82 Å². The standard InChI is InChI=1S/C26H26FN3O/c1-17-12-19(5-9-24(17)29-15-18(2)28-16-29)13-21-4-3-11-30(26(21)31)25-10-6-20-14-22(27)7-8-23(20)25/h5,7-9,12-16,25H,3-4,6,10-11H2,1-2H3/b21-13+/t25-/m0/s1. The van der Waals surface area contributed by atoms with Crippen molar-refractivity contribution in [3.05, 3.63) is 88.3 Å². The van der Waals surface area contributed by atoms with E-state index in [9.17, 15) is 9.18 Å². The first kappa shape index (κ1) is 19.7. The Bertz CT molecular complexity index is 1190. The molecule has 1 aliphatic carbocycles. The molecular weight excluding hydrogens is 389 g/mol. The zero-order valence-electron chi connectivity index (χ0n) is 17.9. The molecule has 0 saturated carbocycles. The van der Waals surface area contributed by atoms with E-state index < -0.39 is 0 Å². The summed E-state index contributed by atoms with van der Waals surface area (Å²) in [6.07, 6.45) is 9.31. The van der Waals surface area contributed by atoms with E-state index >= 15 is 0 Å². The molecule has 2 aromatic carbocycles. The van der Waals surface area contributed by atoms with E-state index in [1.165, 1.54) is 6.07 Å². The molecular formula is C26H26FN3O. The molecule has 4 nitrogen and oxygen atoms in total. The van der Waals surface area contributed by atoms with Gasteiger partial charge >= 0.3 is 0 Å². The highest BCUT2D eigenvalue weighted by atomic mass is 19.1. The van der Waals surface area contributed by atoms with E-state index in [2.05, 4.69) is 30.1 Å². The lowest BCUT2D eigenvalue weighted by molar-refractivity contribution is -0.131. The Hall–Kier alpha value is -3.21. The minimum Gasteiger partial charge on any atom is -0.332 e. The van der Waals surface area contributed by atoms with E-state index in [0.717, 1.165) is 71.4 Å². The van der Waals surface area contributed by atoms with Gasteiger partial charge in [-0.25, -0.2) is 9.37 Å². The average Bonchev–Trinajstić information content (AvgIpc) is 3.35. The third kappa shape index (κ3) is 3.69. The van der Waals surface area contributed by atoms with Gasteiger partial charge in [-0.05, 0) is 92.1 Å². The van der Waals surface area contributed by atoms with Crippen molar-refractivity contribution in [2.75, 3.05) is 6.54 Å². The van der Waals surface area contributed by atoms with E-state index in [0.29, 0.717) is 0 Å². The molecule has 0 bridgehead atoms. The van der Waals surface area contributed by atoms with Gasteiger partial charge in [-0.15, -0.1) is 0 Å². The summed E-state index contributed by atoms with van der Waals surface area (Å²) in [5.41, 5.74) is 7.24. The molecule has 5 heteroatoms. The molecule has 0 unspecified atom stereocenters. The topological polar surface area (TPSA) is 38.1 Å². The Kier molecular flexibility index (Phi) is 4.97. The van der Waals surface area contributed by atoms with Crippen molar-refractivity contribution in [2.45, 2.75) is 45.6 Å². The number of carbonyl (C=O) groups is 1. The van der Waals surface area contributed by atoms with Crippen LogP contribution in [-0.4, -0.2) is 26.9 Å². The largest absolute Gasteiger partial charge is 0.332 e. The number of nitrogens with zero attached hydrogens (tertiary/aromatic N) is 3. The second kappa shape index (κ2) is 7.80. The maximum Gasteiger partial charge on any atom is 0.250 e. The summed E-state index contributed by atoms with van der Waals surface area (Å²) in [4.78, 5) is 19.6. The van der Waals surface area contributed by atoms with Crippen LogP contribution in [0.3, 0.4) is 0 Å². The molecule has 1 atom stereocenters. The number of likely N-dealkylation sites (tertiary alicyclic amines) is 1. The second-order valence-corrected chi connectivity index (χ2v) is 8.64.